The van der Waals surface area contributed by atoms with E-state index in [-0.39, 0.29) is 6.61 Å². The van der Waals surface area contributed by atoms with Gasteiger partial charge in [-0.2, -0.15) is 0 Å². The van der Waals surface area contributed by atoms with Gasteiger partial charge in [0.15, 0.2) is 0 Å². The zero-order chi connectivity index (χ0) is 12.3. The number of hydrogen-bond acceptors (Lipinski definition) is 4. The molecule has 0 radical (unpaired) electrons. The van der Waals surface area contributed by atoms with Crippen LogP contribution in [-0.2, 0) is 11.3 Å². The molecular weight excluding hydrogens is 277 g/mol. The maximum Gasteiger partial charge on any atom is 0.310 e. The van der Waals surface area contributed by atoms with E-state index in [1.54, 1.807) is 0 Å². The van der Waals surface area contributed by atoms with Gasteiger partial charge in [0.2, 0.25) is 0 Å². The molecule has 0 bridgehead atoms. The van der Waals surface area contributed by atoms with Gasteiger partial charge in [-0.1, -0.05) is 41.6 Å². The molecule has 1 aromatic carbocycles. The summed E-state index contributed by atoms with van der Waals surface area (Å²) < 4.78 is 5.95. The quantitative estimate of drug-likeness (QED) is 0.647. The van der Waals surface area contributed by atoms with Crippen molar-refractivity contribution in [1.29, 1.82) is 0 Å². The molecule has 90 valence electrons. The van der Waals surface area contributed by atoms with E-state index in [4.69, 9.17) is 33.6 Å². The minimum absolute atomic E-state index is 0.109. The van der Waals surface area contributed by atoms with Crippen LogP contribution in [0.2, 0.25) is 5.02 Å². The molecule has 7 heteroatoms. The Bertz CT molecular complexity index is 445. The van der Waals surface area contributed by atoms with Gasteiger partial charge in [-0.3, -0.25) is 0 Å². The summed E-state index contributed by atoms with van der Waals surface area (Å²) in [6.45, 7) is 0.733. The summed E-state index contributed by atoms with van der Waals surface area (Å²) in [5.74, 6) is 0.581. The van der Waals surface area contributed by atoms with Crippen LogP contribution in [0.25, 0.3) is 0 Å². The van der Waals surface area contributed by atoms with Crippen molar-refractivity contribution in [2.75, 3.05) is 17.7 Å². The summed E-state index contributed by atoms with van der Waals surface area (Å²) in [5.41, 5.74) is 2.97. The first-order valence-electron chi connectivity index (χ1n) is 5.15. The van der Waals surface area contributed by atoms with Crippen molar-refractivity contribution in [1.82, 2.24) is 0 Å². The van der Waals surface area contributed by atoms with Gasteiger partial charge < -0.3 is 15.1 Å². The zero-order valence-corrected chi connectivity index (χ0v) is 11.4. The number of benzene rings is 1. The number of aliphatic hydroxyl groups excluding tert-OH is 1. The molecule has 1 aliphatic heterocycles. The fraction of sp³-hybridized carbons (Fsp3) is 0.300. The highest BCUT2D eigenvalue weighted by atomic mass is 35.5. The first-order valence-corrected chi connectivity index (χ1v) is 6.92. The average molecular weight is 288 g/mol. The first kappa shape index (κ1) is 13.2. The average Bonchev–Trinajstić information content (AvgIpc) is 2.79. The van der Waals surface area contributed by atoms with E-state index < -0.39 is 0 Å². The second-order valence-corrected chi connectivity index (χ2v) is 5.69. The summed E-state index contributed by atoms with van der Waals surface area (Å²) in [5, 5.41) is 12.5. The molecule has 0 atom stereocenters. The Balaban J connectivity index is 2.09. The van der Waals surface area contributed by atoms with Crippen LogP contribution in [0.4, 0.5) is 5.69 Å². The number of nitrogens with one attached hydrogen (secondary N) is 1. The SMILES string of the molecule is OCCSC(=S)Nc1ccc2c(c1Cl)BOC2. The lowest BCUT2D eigenvalue weighted by atomic mass is 9.87. The molecule has 0 unspecified atom stereocenters. The molecule has 17 heavy (non-hydrogen) atoms. The molecule has 0 spiro atoms. The van der Waals surface area contributed by atoms with Crippen LogP contribution in [0.5, 0.6) is 0 Å². The van der Waals surface area contributed by atoms with Gasteiger partial charge in [0.25, 0.3) is 0 Å². The monoisotopic (exact) mass is 287 g/mol. The number of hydrogen-bond donors (Lipinski definition) is 2. The molecule has 3 nitrogen and oxygen atoms in total. The number of halogens is 1. The second-order valence-electron chi connectivity index (χ2n) is 3.54. The van der Waals surface area contributed by atoms with Crippen molar-refractivity contribution in [3.05, 3.63) is 22.7 Å². The summed E-state index contributed by atoms with van der Waals surface area (Å²) in [4.78, 5) is 0. The predicted octanol–water partition coefficient (Wildman–Crippen LogP) is 1.27. The number of thiocarbonyl (C=S) groups is 1. The van der Waals surface area contributed by atoms with Crippen LogP contribution in [-0.4, -0.2) is 29.3 Å². The maximum atomic E-state index is 8.71. The molecular formula is C10H11BClNO2S2. The molecule has 0 saturated heterocycles. The first-order chi connectivity index (χ1) is 8.22. The lowest BCUT2D eigenvalue weighted by Gasteiger charge is -2.11. The maximum absolute atomic E-state index is 8.71. The molecule has 1 heterocycles. The molecule has 0 fully saturated rings. The highest BCUT2D eigenvalue weighted by Crippen LogP contribution is 2.24. The van der Waals surface area contributed by atoms with Crippen molar-refractivity contribution in [2.45, 2.75) is 6.61 Å². The van der Waals surface area contributed by atoms with Crippen molar-refractivity contribution >= 4 is 58.5 Å². The van der Waals surface area contributed by atoms with Gasteiger partial charge in [-0.25, -0.2) is 0 Å². The smallest absolute Gasteiger partial charge is 0.310 e. The molecule has 0 saturated carbocycles. The van der Waals surface area contributed by atoms with Gasteiger partial charge in [-0.05, 0) is 17.1 Å². The largest absolute Gasteiger partial charge is 0.430 e. The minimum Gasteiger partial charge on any atom is -0.430 e. The zero-order valence-electron chi connectivity index (χ0n) is 9.03. The molecule has 0 amide bonds. The molecule has 2 N–H and O–H groups in total. The number of aliphatic hydroxyl groups is 1. The third kappa shape index (κ3) is 3.14. The van der Waals surface area contributed by atoms with Crippen LogP contribution in [0.1, 0.15) is 5.56 Å². The Hall–Kier alpha value is -0.265. The summed E-state index contributed by atoms with van der Waals surface area (Å²) in [6.07, 6.45) is 0. The Morgan fingerprint density at radius 2 is 2.47 bits per heavy atom. The van der Waals surface area contributed by atoms with Crippen LogP contribution < -0.4 is 10.8 Å². The highest BCUT2D eigenvalue weighted by Gasteiger charge is 2.18. The van der Waals surface area contributed by atoms with E-state index in [0.717, 1.165) is 16.7 Å². The van der Waals surface area contributed by atoms with Crippen molar-refractivity contribution in [3.8, 4) is 0 Å². The van der Waals surface area contributed by atoms with E-state index in [0.29, 0.717) is 29.2 Å². The van der Waals surface area contributed by atoms with Crippen LogP contribution in [0.15, 0.2) is 12.1 Å². The lowest BCUT2D eigenvalue weighted by Crippen LogP contribution is -2.16. The van der Waals surface area contributed by atoms with Gasteiger partial charge in [0, 0.05) is 5.75 Å². The third-order valence-corrected chi connectivity index (χ3v) is 4.04. The molecule has 1 aliphatic rings. The van der Waals surface area contributed by atoms with Crippen LogP contribution >= 0.6 is 35.6 Å². The van der Waals surface area contributed by atoms with Crippen molar-refractivity contribution in [3.63, 3.8) is 0 Å². The van der Waals surface area contributed by atoms with E-state index in [2.05, 4.69) is 5.32 Å². The van der Waals surface area contributed by atoms with Gasteiger partial charge in [-0.15, -0.1) is 0 Å². The normalized spacial score (nSPS) is 13.1. The summed E-state index contributed by atoms with van der Waals surface area (Å²) >= 11 is 12.8. The lowest BCUT2D eigenvalue weighted by molar-refractivity contribution is 0.323. The molecule has 2 rings (SSSR count). The van der Waals surface area contributed by atoms with E-state index in [1.807, 2.05) is 12.1 Å². The number of thioether (sulfide) groups is 1. The van der Waals surface area contributed by atoms with E-state index in [9.17, 15) is 0 Å². The highest BCUT2D eigenvalue weighted by molar-refractivity contribution is 8.23. The topological polar surface area (TPSA) is 41.5 Å². The fourth-order valence-electron chi connectivity index (χ4n) is 1.60. The van der Waals surface area contributed by atoms with Gasteiger partial charge in [0.05, 0.1) is 23.9 Å². The Morgan fingerprint density at radius 1 is 1.65 bits per heavy atom. The van der Waals surface area contributed by atoms with E-state index >= 15 is 0 Å². The van der Waals surface area contributed by atoms with Crippen LogP contribution in [0.3, 0.4) is 0 Å². The fourth-order valence-corrected chi connectivity index (χ4v) is 2.70. The van der Waals surface area contributed by atoms with Gasteiger partial charge in [0.1, 0.15) is 4.32 Å². The van der Waals surface area contributed by atoms with Crippen molar-refractivity contribution < 1.29 is 9.76 Å². The number of rotatable bonds is 3. The summed E-state index contributed by atoms with van der Waals surface area (Å²) in [6, 6.07) is 3.90. The minimum atomic E-state index is 0.109. The van der Waals surface area contributed by atoms with Gasteiger partial charge >= 0.3 is 7.48 Å². The number of anilines is 1. The molecule has 0 aromatic heterocycles. The van der Waals surface area contributed by atoms with Crippen LogP contribution in [0, 0.1) is 0 Å². The predicted molar refractivity (Wildman–Crippen MR) is 78.8 cm³/mol. The number of fused-ring (bicyclic) bond motifs is 1. The Kier molecular flexibility index (Phi) is 4.70. The summed E-state index contributed by atoms with van der Waals surface area (Å²) in [7, 11) is 0.556. The standard InChI is InChI=1S/C10H11BClNO2S2/c12-9-7(13-10(16)17-4-3-14)2-1-6-5-15-11-8(6)9/h1-2,11,14H,3-5H2,(H,13,16). The Labute approximate surface area is 115 Å². The Morgan fingerprint density at radius 3 is 3.24 bits per heavy atom. The molecule has 0 aliphatic carbocycles. The third-order valence-electron chi connectivity index (χ3n) is 2.41. The molecule has 1 aromatic rings. The second kappa shape index (κ2) is 6.06. The van der Waals surface area contributed by atoms with Crippen molar-refractivity contribution in [2.24, 2.45) is 0 Å². The van der Waals surface area contributed by atoms with E-state index in [1.165, 1.54) is 11.8 Å².